The molecule has 2 rings (SSSR count). The second-order valence-corrected chi connectivity index (χ2v) is 5.92. The molecule has 1 heterocycles. The lowest BCUT2D eigenvalue weighted by atomic mass is 9.97. The average molecular weight is 306 g/mol. The average Bonchev–Trinajstić information content (AvgIpc) is 2.55. The molecule has 0 saturated carbocycles. The summed E-state index contributed by atoms with van der Waals surface area (Å²) in [7, 11) is 0. The van der Waals surface area contributed by atoms with E-state index in [1.807, 2.05) is 19.1 Å². The molecule has 0 aliphatic carbocycles. The molecule has 1 fully saturated rings. The summed E-state index contributed by atoms with van der Waals surface area (Å²) >= 11 is 0. The third kappa shape index (κ3) is 4.37. The Morgan fingerprint density at radius 3 is 2.68 bits per heavy atom. The van der Waals surface area contributed by atoms with Gasteiger partial charge in [0.05, 0.1) is 6.61 Å². The van der Waals surface area contributed by atoms with Crippen molar-refractivity contribution >= 4 is 0 Å². The Morgan fingerprint density at radius 1 is 1.23 bits per heavy atom. The van der Waals surface area contributed by atoms with Crippen molar-refractivity contribution in [2.45, 2.75) is 45.6 Å². The molecule has 2 N–H and O–H groups in total. The van der Waals surface area contributed by atoms with E-state index >= 15 is 0 Å². The number of aromatic hydroxyl groups is 1. The van der Waals surface area contributed by atoms with Crippen LogP contribution in [0.4, 0.5) is 0 Å². The summed E-state index contributed by atoms with van der Waals surface area (Å²) < 4.78 is 5.56. The second-order valence-electron chi connectivity index (χ2n) is 5.92. The standard InChI is InChI=1S/C18H30N2O2/c1-3-5-6-9-16(20-13-11-19-12-14-20)15-8-7-10-17(18(15)21)22-4-2/h7-8,10,16,19,21H,3-6,9,11-14H2,1-2H3/t16-/m1/s1. The molecule has 1 aliphatic rings. The van der Waals surface area contributed by atoms with E-state index in [9.17, 15) is 5.11 Å². The van der Waals surface area contributed by atoms with E-state index < -0.39 is 0 Å². The molecular weight excluding hydrogens is 276 g/mol. The summed E-state index contributed by atoms with van der Waals surface area (Å²) in [6.07, 6.45) is 4.76. The lowest BCUT2D eigenvalue weighted by molar-refractivity contribution is 0.159. The summed E-state index contributed by atoms with van der Waals surface area (Å²) in [5, 5.41) is 14.0. The number of nitrogens with zero attached hydrogens (tertiary/aromatic N) is 1. The third-order valence-corrected chi connectivity index (χ3v) is 4.36. The SMILES string of the molecule is CCCCC[C@H](c1cccc(OCC)c1O)N1CCNCC1. The predicted molar refractivity (Wildman–Crippen MR) is 90.6 cm³/mol. The number of unbranched alkanes of at least 4 members (excludes halogenated alkanes) is 2. The number of benzene rings is 1. The molecule has 1 atom stereocenters. The fourth-order valence-electron chi connectivity index (χ4n) is 3.20. The molecule has 1 saturated heterocycles. The highest BCUT2D eigenvalue weighted by Crippen LogP contribution is 2.38. The van der Waals surface area contributed by atoms with Crippen LogP contribution >= 0.6 is 0 Å². The first-order valence-electron chi connectivity index (χ1n) is 8.67. The number of hydrogen-bond donors (Lipinski definition) is 2. The summed E-state index contributed by atoms with van der Waals surface area (Å²) in [6.45, 7) is 8.87. The van der Waals surface area contributed by atoms with Gasteiger partial charge in [-0.25, -0.2) is 0 Å². The lowest BCUT2D eigenvalue weighted by Crippen LogP contribution is -2.45. The zero-order valence-electron chi connectivity index (χ0n) is 14.0. The molecule has 0 spiro atoms. The van der Waals surface area contributed by atoms with Crippen molar-refractivity contribution in [2.75, 3.05) is 32.8 Å². The minimum atomic E-state index is 0.286. The normalized spacial score (nSPS) is 17.4. The van der Waals surface area contributed by atoms with Crippen LogP contribution in [0.15, 0.2) is 18.2 Å². The number of hydrogen-bond acceptors (Lipinski definition) is 4. The van der Waals surface area contributed by atoms with E-state index in [2.05, 4.69) is 23.2 Å². The van der Waals surface area contributed by atoms with E-state index in [4.69, 9.17) is 4.74 Å². The Kier molecular flexibility index (Phi) is 7.00. The Labute approximate surface area is 134 Å². The van der Waals surface area contributed by atoms with Crippen LogP contribution in [-0.2, 0) is 0 Å². The maximum absolute atomic E-state index is 10.6. The van der Waals surface area contributed by atoms with Gasteiger partial charge in [-0.15, -0.1) is 0 Å². The van der Waals surface area contributed by atoms with Gasteiger partial charge in [-0.3, -0.25) is 4.90 Å². The van der Waals surface area contributed by atoms with Crippen LogP contribution in [-0.4, -0.2) is 42.8 Å². The van der Waals surface area contributed by atoms with Crippen LogP contribution in [0, 0.1) is 0 Å². The number of phenolic OH excluding ortho intramolecular Hbond substituents is 1. The molecule has 0 aromatic heterocycles. The van der Waals surface area contributed by atoms with E-state index in [0.717, 1.165) is 38.2 Å². The van der Waals surface area contributed by atoms with Crippen molar-refractivity contribution in [3.63, 3.8) is 0 Å². The first kappa shape index (κ1) is 17.1. The van der Waals surface area contributed by atoms with Crippen molar-refractivity contribution in [3.05, 3.63) is 23.8 Å². The van der Waals surface area contributed by atoms with Gasteiger partial charge in [-0.05, 0) is 19.4 Å². The highest BCUT2D eigenvalue weighted by molar-refractivity contribution is 5.47. The number of nitrogens with one attached hydrogen (secondary N) is 1. The van der Waals surface area contributed by atoms with Gasteiger partial charge < -0.3 is 15.2 Å². The Morgan fingerprint density at radius 2 is 2.00 bits per heavy atom. The Bertz CT molecular complexity index is 445. The first-order chi connectivity index (χ1) is 10.8. The van der Waals surface area contributed by atoms with Crippen molar-refractivity contribution in [3.8, 4) is 11.5 Å². The van der Waals surface area contributed by atoms with Crippen LogP contribution in [0.1, 0.15) is 51.1 Å². The number of piperazine rings is 1. The molecule has 0 amide bonds. The number of phenols is 1. The number of rotatable bonds is 8. The summed E-state index contributed by atoms with van der Waals surface area (Å²) in [6, 6.07) is 6.18. The molecule has 4 heteroatoms. The molecule has 0 bridgehead atoms. The van der Waals surface area contributed by atoms with E-state index in [0.29, 0.717) is 18.1 Å². The molecule has 1 aromatic rings. The third-order valence-electron chi connectivity index (χ3n) is 4.36. The number of para-hydroxylation sites is 1. The van der Waals surface area contributed by atoms with Crippen LogP contribution in [0.5, 0.6) is 11.5 Å². The summed E-state index contributed by atoms with van der Waals surface area (Å²) in [4.78, 5) is 2.50. The van der Waals surface area contributed by atoms with Crippen LogP contribution in [0.25, 0.3) is 0 Å². The van der Waals surface area contributed by atoms with Crippen LogP contribution in [0.3, 0.4) is 0 Å². The van der Waals surface area contributed by atoms with Crippen LogP contribution < -0.4 is 10.1 Å². The Hall–Kier alpha value is -1.26. The van der Waals surface area contributed by atoms with Crippen molar-refractivity contribution < 1.29 is 9.84 Å². The minimum absolute atomic E-state index is 0.286. The Balaban J connectivity index is 2.20. The lowest BCUT2D eigenvalue weighted by Gasteiger charge is -2.35. The first-order valence-corrected chi connectivity index (χ1v) is 8.67. The maximum atomic E-state index is 10.6. The van der Waals surface area contributed by atoms with E-state index in [-0.39, 0.29) is 6.04 Å². The molecule has 124 valence electrons. The smallest absolute Gasteiger partial charge is 0.162 e. The largest absolute Gasteiger partial charge is 0.504 e. The van der Waals surface area contributed by atoms with Gasteiger partial charge in [-0.2, -0.15) is 0 Å². The van der Waals surface area contributed by atoms with Crippen molar-refractivity contribution in [1.82, 2.24) is 10.2 Å². The highest BCUT2D eigenvalue weighted by Gasteiger charge is 2.25. The van der Waals surface area contributed by atoms with Gasteiger partial charge >= 0.3 is 0 Å². The monoisotopic (exact) mass is 306 g/mol. The van der Waals surface area contributed by atoms with E-state index in [1.54, 1.807) is 0 Å². The van der Waals surface area contributed by atoms with Crippen LogP contribution in [0.2, 0.25) is 0 Å². The zero-order chi connectivity index (χ0) is 15.8. The molecule has 0 radical (unpaired) electrons. The molecule has 1 aromatic carbocycles. The molecular formula is C18H30N2O2. The highest BCUT2D eigenvalue weighted by atomic mass is 16.5. The van der Waals surface area contributed by atoms with Gasteiger partial charge in [0.1, 0.15) is 0 Å². The van der Waals surface area contributed by atoms with E-state index in [1.165, 1.54) is 19.3 Å². The van der Waals surface area contributed by atoms with Gasteiger partial charge in [-0.1, -0.05) is 38.3 Å². The minimum Gasteiger partial charge on any atom is -0.504 e. The summed E-state index contributed by atoms with van der Waals surface area (Å²) in [5.41, 5.74) is 1.02. The zero-order valence-corrected chi connectivity index (χ0v) is 14.0. The van der Waals surface area contributed by atoms with Gasteiger partial charge in [0.2, 0.25) is 0 Å². The predicted octanol–water partition coefficient (Wildman–Crippen LogP) is 3.32. The second kappa shape index (κ2) is 9.01. The topological polar surface area (TPSA) is 44.7 Å². The fraction of sp³-hybridized carbons (Fsp3) is 0.667. The van der Waals surface area contributed by atoms with Gasteiger partial charge in [0.15, 0.2) is 11.5 Å². The van der Waals surface area contributed by atoms with Gasteiger partial charge in [0, 0.05) is 37.8 Å². The van der Waals surface area contributed by atoms with Crippen molar-refractivity contribution in [2.24, 2.45) is 0 Å². The van der Waals surface area contributed by atoms with Crippen molar-refractivity contribution in [1.29, 1.82) is 0 Å². The molecule has 22 heavy (non-hydrogen) atoms. The summed E-state index contributed by atoms with van der Waals surface area (Å²) in [5.74, 6) is 0.931. The fourth-order valence-corrected chi connectivity index (χ4v) is 3.20. The quantitative estimate of drug-likeness (QED) is 0.723. The molecule has 0 unspecified atom stereocenters. The maximum Gasteiger partial charge on any atom is 0.162 e. The number of ether oxygens (including phenoxy) is 1. The van der Waals surface area contributed by atoms with Gasteiger partial charge in [0.25, 0.3) is 0 Å². The molecule has 1 aliphatic heterocycles. The molecule has 4 nitrogen and oxygen atoms in total.